The van der Waals surface area contributed by atoms with Crippen molar-refractivity contribution >= 4 is 15.9 Å². The van der Waals surface area contributed by atoms with Crippen molar-refractivity contribution in [2.75, 3.05) is 19.6 Å². The second-order valence-electron chi connectivity index (χ2n) is 7.05. The Kier molecular flexibility index (Phi) is 6.79. The number of sulfonamides is 1. The molecule has 9 heteroatoms. The number of nitrogens with one attached hydrogen (secondary N) is 1. The average Bonchev–Trinajstić information content (AvgIpc) is 3.11. The second-order valence-corrected chi connectivity index (χ2v) is 9.01. The lowest BCUT2D eigenvalue weighted by Crippen LogP contribution is -2.43. The number of aryl methyl sites for hydroxylation is 2. The molecule has 1 aliphatic rings. The number of carbonyl (C=O) groups excluding carboxylic acids is 1. The highest BCUT2D eigenvalue weighted by atomic mass is 32.2. The van der Waals surface area contributed by atoms with Crippen LogP contribution in [0.3, 0.4) is 0 Å². The van der Waals surface area contributed by atoms with E-state index in [0.29, 0.717) is 50.6 Å². The number of rotatable bonds is 8. The summed E-state index contributed by atoms with van der Waals surface area (Å²) in [5.74, 6) is 1.02. The van der Waals surface area contributed by atoms with E-state index in [9.17, 15) is 13.2 Å². The Morgan fingerprint density at radius 1 is 1.25 bits per heavy atom. The molecular weight excluding hydrogens is 380 g/mol. The number of hydrogen-bond donors (Lipinski definition) is 1. The summed E-state index contributed by atoms with van der Waals surface area (Å²) < 4.78 is 31.7. The SMILES string of the molecule is Cc1noc(CCCNC(=O)C2CCN(S(=O)(=O)Cc3ccccc3)CC2)n1. The molecule has 0 radical (unpaired) electrons. The molecule has 1 fully saturated rings. The predicted octanol–water partition coefficient (Wildman–Crippen LogP) is 1.67. The van der Waals surface area contributed by atoms with Crippen LogP contribution >= 0.6 is 0 Å². The van der Waals surface area contributed by atoms with Crippen LogP contribution < -0.4 is 5.32 Å². The van der Waals surface area contributed by atoms with Gasteiger partial charge in [-0.05, 0) is 31.7 Å². The molecule has 2 heterocycles. The van der Waals surface area contributed by atoms with Gasteiger partial charge in [-0.3, -0.25) is 4.79 Å². The second kappa shape index (κ2) is 9.29. The van der Waals surface area contributed by atoms with Crippen molar-refractivity contribution in [1.29, 1.82) is 0 Å². The van der Waals surface area contributed by atoms with Crippen LogP contribution in [0.4, 0.5) is 0 Å². The molecule has 3 rings (SSSR count). The van der Waals surface area contributed by atoms with Gasteiger partial charge in [0, 0.05) is 32.0 Å². The quantitative estimate of drug-likeness (QED) is 0.669. The number of aromatic nitrogens is 2. The normalized spacial score (nSPS) is 16.2. The molecule has 28 heavy (non-hydrogen) atoms. The minimum absolute atomic E-state index is 0.000150. The first kappa shape index (κ1) is 20.5. The molecular formula is C19H26N4O4S. The van der Waals surface area contributed by atoms with Gasteiger partial charge in [-0.2, -0.15) is 4.98 Å². The number of piperidine rings is 1. The third kappa shape index (κ3) is 5.62. The van der Waals surface area contributed by atoms with Gasteiger partial charge in [-0.25, -0.2) is 12.7 Å². The summed E-state index contributed by atoms with van der Waals surface area (Å²) in [6.45, 7) is 3.07. The minimum atomic E-state index is -3.36. The molecule has 0 spiro atoms. The van der Waals surface area contributed by atoms with Crippen LogP contribution in [-0.2, 0) is 27.0 Å². The summed E-state index contributed by atoms with van der Waals surface area (Å²) in [6.07, 6.45) is 2.43. The van der Waals surface area contributed by atoms with E-state index < -0.39 is 10.0 Å². The maximum atomic E-state index is 12.6. The summed E-state index contributed by atoms with van der Waals surface area (Å²) in [7, 11) is -3.36. The molecule has 8 nitrogen and oxygen atoms in total. The maximum absolute atomic E-state index is 12.6. The van der Waals surface area contributed by atoms with Crippen molar-refractivity contribution in [3.63, 3.8) is 0 Å². The van der Waals surface area contributed by atoms with E-state index in [4.69, 9.17) is 4.52 Å². The van der Waals surface area contributed by atoms with Crippen LogP contribution in [0.1, 0.15) is 36.5 Å². The maximum Gasteiger partial charge on any atom is 0.226 e. The van der Waals surface area contributed by atoms with Gasteiger partial charge < -0.3 is 9.84 Å². The predicted molar refractivity (Wildman–Crippen MR) is 104 cm³/mol. The first-order chi connectivity index (χ1) is 13.4. The molecule has 1 saturated heterocycles. The van der Waals surface area contributed by atoms with Gasteiger partial charge >= 0.3 is 0 Å². The summed E-state index contributed by atoms with van der Waals surface area (Å²) in [6, 6.07) is 9.16. The van der Waals surface area contributed by atoms with Crippen LogP contribution in [0, 0.1) is 12.8 Å². The zero-order chi connectivity index (χ0) is 20.0. The van der Waals surface area contributed by atoms with Crippen molar-refractivity contribution in [2.45, 2.75) is 38.4 Å². The van der Waals surface area contributed by atoms with Gasteiger partial charge in [0.2, 0.25) is 21.8 Å². The highest BCUT2D eigenvalue weighted by Crippen LogP contribution is 2.21. The third-order valence-electron chi connectivity index (χ3n) is 4.85. The Hall–Kier alpha value is -2.26. The van der Waals surface area contributed by atoms with Gasteiger partial charge in [-0.1, -0.05) is 35.5 Å². The number of amides is 1. The Morgan fingerprint density at radius 2 is 1.96 bits per heavy atom. The van der Waals surface area contributed by atoms with E-state index in [1.165, 1.54) is 4.31 Å². The lowest BCUT2D eigenvalue weighted by atomic mass is 9.97. The van der Waals surface area contributed by atoms with Gasteiger partial charge in [0.25, 0.3) is 0 Å². The topological polar surface area (TPSA) is 105 Å². The van der Waals surface area contributed by atoms with E-state index in [-0.39, 0.29) is 17.6 Å². The van der Waals surface area contributed by atoms with Crippen molar-refractivity contribution in [2.24, 2.45) is 5.92 Å². The molecule has 0 atom stereocenters. The van der Waals surface area contributed by atoms with Crippen molar-refractivity contribution in [3.05, 3.63) is 47.6 Å². The molecule has 1 aromatic heterocycles. The molecule has 152 valence electrons. The monoisotopic (exact) mass is 406 g/mol. The Bertz CT molecular complexity index is 874. The first-order valence-electron chi connectivity index (χ1n) is 9.53. The lowest BCUT2D eigenvalue weighted by Gasteiger charge is -2.30. The molecule has 1 N–H and O–H groups in total. The summed E-state index contributed by atoms with van der Waals surface area (Å²) >= 11 is 0. The van der Waals surface area contributed by atoms with Crippen LogP contribution in [0.25, 0.3) is 0 Å². The van der Waals surface area contributed by atoms with Gasteiger partial charge in [0.05, 0.1) is 5.75 Å². The zero-order valence-corrected chi connectivity index (χ0v) is 16.8. The smallest absolute Gasteiger partial charge is 0.226 e. The highest BCUT2D eigenvalue weighted by molar-refractivity contribution is 7.88. The standard InChI is InChI=1S/C19H26N4O4S/c1-15-21-18(27-22-15)8-5-11-20-19(24)17-9-12-23(13-10-17)28(25,26)14-16-6-3-2-4-7-16/h2-4,6-7,17H,5,8-14H2,1H3,(H,20,24). The van der Waals surface area contributed by atoms with E-state index in [2.05, 4.69) is 15.5 Å². The van der Waals surface area contributed by atoms with E-state index in [1.807, 2.05) is 30.3 Å². The van der Waals surface area contributed by atoms with Crippen LogP contribution in [0.2, 0.25) is 0 Å². The summed E-state index contributed by atoms with van der Waals surface area (Å²) in [4.78, 5) is 16.5. The largest absolute Gasteiger partial charge is 0.356 e. The van der Waals surface area contributed by atoms with Crippen molar-refractivity contribution in [1.82, 2.24) is 19.8 Å². The number of nitrogens with zero attached hydrogens (tertiary/aromatic N) is 3. The Morgan fingerprint density at radius 3 is 2.61 bits per heavy atom. The van der Waals surface area contributed by atoms with Crippen LogP contribution in [0.5, 0.6) is 0 Å². The number of benzene rings is 1. The third-order valence-corrected chi connectivity index (χ3v) is 6.70. The molecule has 0 bridgehead atoms. The fourth-order valence-electron chi connectivity index (χ4n) is 3.31. The molecule has 1 amide bonds. The summed E-state index contributed by atoms with van der Waals surface area (Å²) in [5.41, 5.74) is 0.777. The van der Waals surface area contributed by atoms with E-state index >= 15 is 0 Å². The van der Waals surface area contributed by atoms with Gasteiger partial charge in [0.15, 0.2) is 5.82 Å². The zero-order valence-electron chi connectivity index (χ0n) is 16.0. The van der Waals surface area contributed by atoms with Crippen molar-refractivity contribution < 1.29 is 17.7 Å². The molecule has 0 unspecified atom stereocenters. The average molecular weight is 407 g/mol. The fourth-order valence-corrected chi connectivity index (χ4v) is 4.87. The fraction of sp³-hybridized carbons (Fsp3) is 0.526. The first-order valence-corrected chi connectivity index (χ1v) is 11.1. The van der Waals surface area contributed by atoms with Gasteiger partial charge in [0.1, 0.15) is 0 Å². The van der Waals surface area contributed by atoms with Gasteiger partial charge in [-0.15, -0.1) is 0 Å². The lowest BCUT2D eigenvalue weighted by molar-refractivity contribution is -0.126. The summed E-state index contributed by atoms with van der Waals surface area (Å²) in [5, 5.41) is 6.66. The van der Waals surface area contributed by atoms with Crippen molar-refractivity contribution in [3.8, 4) is 0 Å². The van der Waals surface area contributed by atoms with Crippen LogP contribution in [-0.4, -0.2) is 48.4 Å². The molecule has 0 saturated carbocycles. The van der Waals surface area contributed by atoms with E-state index in [1.54, 1.807) is 6.92 Å². The highest BCUT2D eigenvalue weighted by Gasteiger charge is 2.31. The molecule has 1 aliphatic heterocycles. The molecule has 1 aromatic carbocycles. The number of hydrogen-bond acceptors (Lipinski definition) is 6. The van der Waals surface area contributed by atoms with E-state index in [0.717, 1.165) is 12.0 Å². The van der Waals surface area contributed by atoms with Crippen LogP contribution in [0.15, 0.2) is 34.9 Å². The Balaban J connectivity index is 1.39. The number of carbonyl (C=O) groups is 1. The minimum Gasteiger partial charge on any atom is -0.356 e. The Labute approximate surface area is 165 Å². The molecule has 0 aliphatic carbocycles. The molecule has 2 aromatic rings.